The summed E-state index contributed by atoms with van der Waals surface area (Å²) in [5, 5.41) is 4.34. The van der Waals surface area contributed by atoms with E-state index in [1.54, 1.807) is 12.1 Å². The predicted octanol–water partition coefficient (Wildman–Crippen LogP) is 5.81. The third-order valence-electron chi connectivity index (χ3n) is 4.31. The van der Waals surface area contributed by atoms with Gasteiger partial charge in [-0.25, -0.2) is 0 Å². The topological polar surface area (TPSA) is 29.1 Å². The number of carbonyl (C=O) groups excluding carboxylic acids is 1. The maximum atomic E-state index is 12.3. The van der Waals surface area contributed by atoms with Crippen LogP contribution >= 0.6 is 23.2 Å². The highest BCUT2D eigenvalue weighted by atomic mass is 35.5. The summed E-state index contributed by atoms with van der Waals surface area (Å²) in [6.07, 6.45) is 1.86. The summed E-state index contributed by atoms with van der Waals surface area (Å²) >= 11 is 12.1. The predicted molar refractivity (Wildman–Crippen MR) is 102 cm³/mol. The van der Waals surface area contributed by atoms with Crippen molar-refractivity contribution in [2.75, 3.05) is 0 Å². The number of hydrogen-bond donors (Lipinski definition) is 1. The van der Waals surface area contributed by atoms with E-state index >= 15 is 0 Å². The van der Waals surface area contributed by atoms with Crippen molar-refractivity contribution in [3.8, 4) is 0 Å². The van der Waals surface area contributed by atoms with Gasteiger partial charge in [0.25, 0.3) is 0 Å². The van der Waals surface area contributed by atoms with Crippen LogP contribution in [0.5, 0.6) is 0 Å². The Morgan fingerprint density at radius 2 is 1.83 bits per heavy atom. The summed E-state index contributed by atoms with van der Waals surface area (Å²) in [6.45, 7) is 6.26. The highest BCUT2D eigenvalue weighted by molar-refractivity contribution is 6.35. The normalized spacial score (nSPS) is 12.0. The van der Waals surface area contributed by atoms with Crippen LogP contribution in [-0.2, 0) is 11.2 Å². The maximum Gasteiger partial charge on any atom is 0.220 e. The molecule has 0 aliphatic rings. The van der Waals surface area contributed by atoms with Crippen LogP contribution in [0, 0.1) is 13.8 Å². The number of carbonyl (C=O) groups is 1. The van der Waals surface area contributed by atoms with Gasteiger partial charge in [0, 0.05) is 16.5 Å². The highest BCUT2D eigenvalue weighted by Crippen LogP contribution is 2.23. The fourth-order valence-electron chi connectivity index (χ4n) is 2.64. The summed E-state index contributed by atoms with van der Waals surface area (Å²) in [4.78, 5) is 12.3. The van der Waals surface area contributed by atoms with E-state index in [-0.39, 0.29) is 11.9 Å². The Bertz CT molecular complexity index is 728. The van der Waals surface area contributed by atoms with E-state index in [2.05, 4.69) is 44.3 Å². The molecule has 0 saturated heterocycles. The molecular weight excluding hydrogens is 341 g/mol. The van der Waals surface area contributed by atoms with Gasteiger partial charge in [-0.3, -0.25) is 4.79 Å². The van der Waals surface area contributed by atoms with Crippen molar-refractivity contribution in [1.29, 1.82) is 0 Å². The molecule has 2 aromatic rings. The summed E-state index contributed by atoms with van der Waals surface area (Å²) < 4.78 is 0. The largest absolute Gasteiger partial charge is 0.349 e. The van der Waals surface area contributed by atoms with Gasteiger partial charge in [0.15, 0.2) is 0 Å². The number of nitrogens with one attached hydrogen (secondary N) is 1. The van der Waals surface area contributed by atoms with Crippen molar-refractivity contribution in [2.24, 2.45) is 0 Å². The molecule has 0 fully saturated rings. The maximum absolute atomic E-state index is 12.3. The van der Waals surface area contributed by atoms with Gasteiger partial charge in [0.05, 0.1) is 6.04 Å². The lowest BCUT2D eigenvalue weighted by molar-refractivity contribution is -0.121. The number of hydrogen-bond acceptors (Lipinski definition) is 1. The van der Waals surface area contributed by atoms with Crippen molar-refractivity contribution in [3.63, 3.8) is 0 Å². The number of amides is 1. The van der Waals surface area contributed by atoms with Gasteiger partial charge < -0.3 is 5.32 Å². The molecule has 1 unspecified atom stereocenters. The molecule has 24 heavy (non-hydrogen) atoms. The summed E-state index contributed by atoms with van der Waals surface area (Å²) in [5.74, 6) is 0.0334. The fourth-order valence-corrected chi connectivity index (χ4v) is 3.14. The van der Waals surface area contributed by atoms with Gasteiger partial charge in [-0.05, 0) is 61.1 Å². The van der Waals surface area contributed by atoms with E-state index < -0.39 is 0 Å². The molecule has 0 aliphatic heterocycles. The molecule has 1 atom stereocenters. The number of benzene rings is 2. The Morgan fingerprint density at radius 1 is 1.08 bits per heavy atom. The molecule has 1 amide bonds. The second-order valence-electron chi connectivity index (χ2n) is 6.11. The molecule has 2 aromatic carbocycles. The van der Waals surface area contributed by atoms with Crippen LogP contribution in [-0.4, -0.2) is 5.91 Å². The standard InChI is InChI=1S/C20H23Cl2NO/c1-4-19(16-6-5-13(2)14(3)11-16)23-20(24)10-8-15-7-9-17(21)12-18(15)22/h5-7,9,11-12,19H,4,8,10H2,1-3H3,(H,23,24). The lowest BCUT2D eigenvalue weighted by Gasteiger charge is -2.19. The van der Waals surface area contributed by atoms with E-state index in [1.807, 2.05) is 6.07 Å². The molecular formula is C20H23Cl2NO. The molecule has 0 aromatic heterocycles. The Balaban J connectivity index is 1.97. The van der Waals surface area contributed by atoms with Gasteiger partial charge in [-0.1, -0.05) is 54.4 Å². The van der Waals surface area contributed by atoms with Gasteiger partial charge >= 0.3 is 0 Å². The Hall–Kier alpha value is -1.51. The van der Waals surface area contributed by atoms with E-state index in [0.717, 1.165) is 17.5 Å². The number of halogens is 2. The molecule has 0 saturated carbocycles. The molecule has 2 rings (SSSR count). The smallest absolute Gasteiger partial charge is 0.220 e. The first-order valence-electron chi connectivity index (χ1n) is 8.21. The Labute approximate surface area is 154 Å². The minimum Gasteiger partial charge on any atom is -0.349 e. The van der Waals surface area contributed by atoms with Crippen molar-refractivity contribution < 1.29 is 4.79 Å². The van der Waals surface area contributed by atoms with Crippen LogP contribution in [0.3, 0.4) is 0 Å². The van der Waals surface area contributed by atoms with E-state index in [1.165, 1.54) is 11.1 Å². The fraction of sp³-hybridized carbons (Fsp3) is 0.350. The zero-order valence-corrected chi connectivity index (χ0v) is 15.8. The summed E-state index contributed by atoms with van der Waals surface area (Å²) in [5.41, 5.74) is 4.60. The van der Waals surface area contributed by atoms with Crippen molar-refractivity contribution in [3.05, 3.63) is 68.7 Å². The summed E-state index contributed by atoms with van der Waals surface area (Å²) in [6, 6.07) is 11.8. The first-order valence-corrected chi connectivity index (χ1v) is 8.96. The zero-order chi connectivity index (χ0) is 17.7. The minimum atomic E-state index is 0.0334. The average Bonchev–Trinajstić information content (AvgIpc) is 2.54. The van der Waals surface area contributed by atoms with E-state index in [0.29, 0.717) is 22.9 Å². The van der Waals surface area contributed by atoms with E-state index in [9.17, 15) is 4.79 Å². The van der Waals surface area contributed by atoms with Gasteiger partial charge in [0.2, 0.25) is 5.91 Å². The Kier molecular flexibility index (Phi) is 6.70. The SMILES string of the molecule is CCC(NC(=O)CCc1ccc(Cl)cc1Cl)c1ccc(C)c(C)c1. The van der Waals surface area contributed by atoms with Crippen molar-refractivity contribution >= 4 is 29.1 Å². The molecule has 0 radical (unpaired) electrons. The van der Waals surface area contributed by atoms with Crippen LogP contribution in [0.25, 0.3) is 0 Å². The van der Waals surface area contributed by atoms with Gasteiger partial charge in [-0.2, -0.15) is 0 Å². The van der Waals surface area contributed by atoms with Crippen LogP contribution in [0.1, 0.15) is 48.1 Å². The third-order valence-corrected chi connectivity index (χ3v) is 4.90. The van der Waals surface area contributed by atoms with Gasteiger partial charge in [-0.15, -0.1) is 0 Å². The monoisotopic (exact) mass is 363 g/mol. The van der Waals surface area contributed by atoms with Crippen molar-refractivity contribution in [2.45, 2.75) is 46.1 Å². The lowest BCUT2D eigenvalue weighted by Crippen LogP contribution is -2.28. The lowest BCUT2D eigenvalue weighted by atomic mass is 9.99. The number of aryl methyl sites for hydroxylation is 3. The first-order chi connectivity index (χ1) is 11.4. The zero-order valence-electron chi connectivity index (χ0n) is 14.3. The second kappa shape index (κ2) is 8.55. The number of rotatable bonds is 6. The quantitative estimate of drug-likeness (QED) is 0.688. The van der Waals surface area contributed by atoms with Crippen LogP contribution in [0.15, 0.2) is 36.4 Å². The molecule has 128 valence electrons. The molecule has 2 nitrogen and oxygen atoms in total. The van der Waals surface area contributed by atoms with E-state index in [4.69, 9.17) is 23.2 Å². The van der Waals surface area contributed by atoms with Crippen molar-refractivity contribution in [1.82, 2.24) is 5.32 Å². The third kappa shape index (κ3) is 4.99. The molecule has 0 bridgehead atoms. The first kappa shape index (κ1) is 18.8. The molecule has 1 N–H and O–H groups in total. The molecule has 0 spiro atoms. The van der Waals surface area contributed by atoms with Gasteiger partial charge in [0.1, 0.15) is 0 Å². The average molecular weight is 364 g/mol. The molecule has 4 heteroatoms. The molecule has 0 heterocycles. The van der Waals surface area contributed by atoms with Crippen LogP contribution in [0.2, 0.25) is 10.0 Å². The Morgan fingerprint density at radius 3 is 2.46 bits per heavy atom. The summed E-state index contributed by atoms with van der Waals surface area (Å²) in [7, 11) is 0. The highest BCUT2D eigenvalue weighted by Gasteiger charge is 2.14. The minimum absolute atomic E-state index is 0.0334. The van der Waals surface area contributed by atoms with Crippen LogP contribution < -0.4 is 5.32 Å². The van der Waals surface area contributed by atoms with Crippen LogP contribution in [0.4, 0.5) is 0 Å². The molecule has 0 aliphatic carbocycles. The second-order valence-corrected chi connectivity index (χ2v) is 6.95.